The summed E-state index contributed by atoms with van der Waals surface area (Å²) in [5, 5.41) is 1.27. The number of benzene rings is 1. The molecule has 0 aliphatic heterocycles. The van der Waals surface area contributed by atoms with Gasteiger partial charge in [0.05, 0.1) is 22.3 Å². The first-order valence-corrected chi connectivity index (χ1v) is 32.6. The predicted molar refractivity (Wildman–Crippen MR) is 221 cm³/mol. The molecule has 0 unspecified atom stereocenters. The van der Waals surface area contributed by atoms with E-state index >= 15 is 0 Å². The Balaban J connectivity index is 0.000000735. The van der Waals surface area contributed by atoms with Crippen LogP contribution < -0.4 is 5.19 Å². The minimum absolute atomic E-state index is 0.0211. The zero-order chi connectivity index (χ0) is 37.3. The second-order valence-corrected chi connectivity index (χ2v) is 35.7. The Morgan fingerprint density at radius 1 is 0.755 bits per heavy atom. The van der Waals surface area contributed by atoms with Crippen molar-refractivity contribution in [3.63, 3.8) is 0 Å². The van der Waals surface area contributed by atoms with E-state index in [0.717, 1.165) is 5.57 Å². The molecule has 2 rings (SSSR count). The van der Waals surface area contributed by atoms with Crippen molar-refractivity contribution in [2.24, 2.45) is 0 Å². The summed E-state index contributed by atoms with van der Waals surface area (Å²) in [5.41, 5.74) is 2.64. The topological polar surface area (TPSA) is 54.0 Å². The second-order valence-electron chi connectivity index (χ2n) is 14.8. The smallest absolute Gasteiger partial charge is 0.302 e. The van der Waals surface area contributed by atoms with Crippen LogP contribution in [0.3, 0.4) is 0 Å². The van der Waals surface area contributed by atoms with Crippen LogP contribution in [0.5, 0.6) is 0 Å². The molecular formula is C41H78O5Si2Sn. The van der Waals surface area contributed by atoms with Gasteiger partial charge in [-0.15, -0.1) is 0 Å². The predicted octanol–water partition coefficient (Wildman–Crippen LogP) is 12.9. The molecule has 0 radical (unpaired) electrons. The molecule has 284 valence electrons. The van der Waals surface area contributed by atoms with Crippen LogP contribution in [0, 0.1) is 0 Å². The number of hydrogen-bond acceptors (Lipinski definition) is 5. The molecule has 0 N–H and O–H groups in total. The van der Waals surface area contributed by atoms with Gasteiger partial charge < -0.3 is 13.9 Å². The number of ether oxygens (including phenoxy) is 2. The van der Waals surface area contributed by atoms with Gasteiger partial charge in [-0.25, -0.2) is 0 Å². The molecule has 0 atom stereocenters. The largest absolute Gasteiger partial charge is 0.515 e. The second kappa shape index (κ2) is 26.6. The fourth-order valence-electron chi connectivity index (χ4n) is 6.43. The standard InChI is InChI=1S/C13H20O2Si.C9H20O2Si.C7H12O.3C4H9.Sn/c1-11(2)13(14-3)15-16(4,5)12-9-7-6-8-10-12;1-5-12(6-2,7-3)8-9(10)11-4;1-6-4-2-3-5-7(6)8;3*1-3-4-2;/h6-10H,1-5H3;5-8H2,1-4H3;8H,2-5H2,1H3;3*1,3-4H2,2H3;/q;;;;;;+1/p-1. The summed E-state index contributed by atoms with van der Waals surface area (Å²) in [6.45, 7) is 24.2. The van der Waals surface area contributed by atoms with Crippen molar-refractivity contribution < 1.29 is 21.8 Å². The van der Waals surface area contributed by atoms with E-state index in [0.29, 0.717) is 12.0 Å². The SMILES string of the molecule is CCC[CH2][Sn]([CH2]CCC)([CH2]CCC)[O]C1=C(C)CCCC1.CC[Si](CC)(CC)CC(=O)OC.COC(O[Si](C)(C)c1ccccc1)=C(C)C. The maximum absolute atomic E-state index is 11.1. The number of carbonyl (C=O) groups excluding carboxylic acids is 1. The van der Waals surface area contributed by atoms with Crippen LogP contribution in [0.4, 0.5) is 0 Å². The fraction of sp³-hybridized carbons (Fsp3) is 0.732. The Bertz CT molecular complexity index is 1050. The van der Waals surface area contributed by atoms with Crippen molar-refractivity contribution in [2.75, 3.05) is 14.2 Å². The first-order chi connectivity index (χ1) is 23.3. The van der Waals surface area contributed by atoms with Crippen LogP contribution in [-0.4, -0.2) is 55.4 Å². The average Bonchev–Trinajstić information content (AvgIpc) is 3.11. The Labute approximate surface area is 310 Å². The molecule has 1 aromatic rings. The molecule has 1 aliphatic carbocycles. The van der Waals surface area contributed by atoms with Crippen molar-refractivity contribution in [3.8, 4) is 0 Å². The molecule has 8 heteroatoms. The number of methoxy groups -OCH3 is 2. The molecule has 0 saturated carbocycles. The Morgan fingerprint density at radius 2 is 1.24 bits per heavy atom. The molecule has 0 saturated heterocycles. The number of rotatable bonds is 20. The molecule has 0 fully saturated rings. The molecule has 0 bridgehead atoms. The van der Waals surface area contributed by atoms with Crippen LogP contribution >= 0.6 is 0 Å². The first-order valence-electron chi connectivity index (χ1n) is 19.7. The van der Waals surface area contributed by atoms with Crippen molar-refractivity contribution in [2.45, 2.75) is 177 Å². The molecule has 1 aromatic carbocycles. The van der Waals surface area contributed by atoms with E-state index < -0.39 is 35.2 Å². The zero-order valence-electron chi connectivity index (χ0n) is 34.4. The maximum Gasteiger partial charge on any atom is 0.302 e. The monoisotopic (exact) mass is 826 g/mol. The summed E-state index contributed by atoms with van der Waals surface area (Å²) < 4.78 is 27.4. The third kappa shape index (κ3) is 18.7. The van der Waals surface area contributed by atoms with Crippen LogP contribution in [0.25, 0.3) is 0 Å². The van der Waals surface area contributed by atoms with E-state index in [4.69, 9.17) is 17.0 Å². The van der Waals surface area contributed by atoms with E-state index in [1.165, 1.54) is 114 Å². The van der Waals surface area contributed by atoms with Gasteiger partial charge >= 0.3 is 144 Å². The van der Waals surface area contributed by atoms with E-state index in [9.17, 15) is 4.79 Å². The van der Waals surface area contributed by atoms with E-state index in [-0.39, 0.29) is 5.97 Å². The average molecular weight is 826 g/mol. The van der Waals surface area contributed by atoms with Gasteiger partial charge in [0.15, 0.2) is 0 Å². The minimum Gasteiger partial charge on any atom is -0.515 e. The molecular weight excluding hydrogens is 747 g/mol. The van der Waals surface area contributed by atoms with Gasteiger partial charge in [0, 0.05) is 11.6 Å². The van der Waals surface area contributed by atoms with Gasteiger partial charge in [-0.3, -0.25) is 4.79 Å². The van der Waals surface area contributed by atoms with Crippen molar-refractivity contribution in [1.82, 2.24) is 0 Å². The van der Waals surface area contributed by atoms with Gasteiger partial charge in [-0.1, -0.05) is 69.2 Å². The van der Waals surface area contributed by atoms with Crippen LogP contribution in [0.2, 0.25) is 50.6 Å². The van der Waals surface area contributed by atoms with Gasteiger partial charge in [0.25, 0.3) is 14.3 Å². The molecule has 0 amide bonds. The molecule has 0 heterocycles. The third-order valence-electron chi connectivity index (χ3n) is 10.4. The number of carbonyl (C=O) groups is 1. The maximum atomic E-state index is 11.1. The summed E-state index contributed by atoms with van der Waals surface area (Å²) in [5.74, 6) is 2.08. The van der Waals surface area contributed by atoms with Gasteiger partial charge in [-0.05, 0) is 32.1 Å². The van der Waals surface area contributed by atoms with E-state index in [1.807, 2.05) is 32.0 Å². The normalized spacial score (nSPS) is 13.3. The van der Waals surface area contributed by atoms with Gasteiger partial charge in [0.2, 0.25) is 0 Å². The summed E-state index contributed by atoms with van der Waals surface area (Å²) in [4.78, 5) is 11.1. The summed E-state index contributed by atoms with van der Waals surface area (Å²) >= 11 is -2.41. The molecule has 49 heavy (non-hydrogen) atoms. The molecule has 0 spiro atoms. The third-order valence-corrected chi connectivity index (χ3v) is 31.1. The van der Waals surface area contributed by atoms with Crippen LogP contribution in [0.1, 0.15) is 127 Å². The molecule has 0 aromatic heterocycles. The zero-order valence-corrected chi connectivity index (χ0v) is 39.3. The quantitative estimate of drug-likeness (QED) is 0.0745. The minimum atomic E-state index is -2.41. The number of hydrogen-bond donors (Lipinski definition) is 0. The van der Waals surface area contributed by atoms with Crippen LogP contribution in [0.15, 0.2) is 53.2 Å². The van der Waals surface area contributed by atoms with Crippen LogP contribution in [-0.2, 0) is 21.8 Å². The summed E-state index contributed by atoms with van der Waals surface area (Å²) in [6, 6.07) is 14.6. The van der Waals surface area contributed by atoms with Gasteiger partial charge in [0.1, 0.15) is 0 Å². The first kappa shape index (κ1) is 47.8. The Morgan fingerprint density at radius 3 is 1.63 bits per heavy atom. The van der Waals surface area contributed by atoms with Gasteiger partial charge in [-0.2, -0.15) is 0 Å². The number of allylic oxidation sites excluding steroid dienone is 3. The Kier molecular flexibility index (Phi) is 25.9. The molecule has 1 aliphatic rings. The van der Waals surface area contributed by atoms with E-state index in [1.54, 1.807) is 12.7 Å². The fourth-order valence-corrected chi connectivity index (χ4v) is 25.1. The number of esters is 1. The molecule has 5 nitrogen and oxygen atoms in total. The Hall–Kier alpha value is -1.20. The van der Waals surface area contributed by atoms with Crippen molar-refractivity contribution in [1.29, 1.82) is 0 Å². The summed E-state index contributed by atoms with van der Waals surface area (Å²) in [7, 11) is -0.0598. The van der Waals surface area contributed by atoms with Crippen molar-refractivity contribution in [3.05, 3.63) is 53.2 Å². The van der Waals surface area contributed by atoms with E-state index in [2.05, 4.69) is 73.7 Å². The van der Waals surface area contributed by atoms with Crippen molar-refractivity contribution >= 4 is 46.3 Å². The summed E-state index contributed by atoms with van der Waals surface area (Å²) in [6.07, 6.45) is 13.4. The number of unbranched alkanes of at least 4 members (excludes halogenated alkanes) is 3.